The summed E-state index contributed by atoms with van der Waals surface area (Å²) in [6.45, 7) is 2.16. The van der Waals surface area contributed by atoms with E-state index in [1.807, 2.05) is 22.8 Å². The highest BCUT2D eigenvalue weighted by Crippen LogP contribution is 2.28. The fourth-order valence-corrected chi connectivity index (χ4v) is 2.80. The number of hydrogen-bond acceptors (Lipinski definition) is 3. The van der Waals surface area contributed by atoms with Gasteiger partial charge in [-0.15, -0.1) is 21.5 Å². The topological polar surface area (TPSA) is 30.7 Å². The Morgan fingerprint density at radius 1 is 1.11 bits per heavy atom. The molecule has 3 nitrogen and oxygen atoms in total. The molecule has 0 aliphatic heterocycles. The van der Waals surface area contributed by atoms with Crippen LogP contribution in [-0.4, -0.2) is 14.8 Å². The van der Waals surface area contributed by atoms with Crippen LogP contribution in [-0.2, 0) is 6.42 Å². The van der Waals surface area contributed by atoms with E-state index in [1.165, 1.54) is 4.88 Å². The molecule has 0 fully saturated rings. The predicted molar refractivity (Wildman–Crippen MR) is 74.1 cm³/mol. The molecule has 0 saturated heterocycles. The smallest absolute Gasteiger partial charge is 0.178 e. The Morgan fingerprint density at radius 3 is 2.67 bits per heavy atom. The van der Waals surface area contributed by atoms with Gasteiger partial charge in [0.15, 0.2) is 5.82 Å². The molecule has 0 aliphatic carbocycles. The first-order valence-electron chi connectivity index (χ1n) is 5.93. The third kappa shape index (κ3) is 1.95. The molecule has 3 rings (SSSR count). The molecule has 0 amide bonds. The summed E-state index contributed by atoms with van der Waals surface area (Å²) in [6, 6.07) is 14.4. The Kier molecular flexibility index (Phi) is 2.94. The van der Waals surface area contributed by atoms with Gasteiger partial charge < -0.3 is 0 Å². The molecule has 0 bridgehead atoms. The minimum absolute atomic E-state index is 0.908. The monoisotopic (exact) mass is 255 g/mol. The maximum absolute atomic E-state index is 4.23. The Balaban J connectivity index is 2.07. The number of hydrogen-bond donors (Lipinski definition) is 0. The van der Waals surface area contributed by atoms with Crippen molar-refractivity contribution in [1.82, 2.24) is 14.8 Å². The number of thiophene rings is 1. The van der Waals surface area contributed by atoms with E-state index in [1.54, 1.807) is 17.7 Å². The highest BCUT2D eigenvalue weighted by Gasteiger charge is 2.10. The normalized spacial score (nSPS) is 10.7. The molecule has 0 unspecified atom stereocenters. The summed E-state index contributed by atoms with van der Waals surface area (Å²) in [7, 11) is 0. The van der Waals surface area contributed by atoms with Crippen LogP contribution >= 0.6 is 11.3 Å². The van der Waals surface area contributed by atoms with Gasteiger partial charge in [-0.05, 0) is 30.7 Å². The molecule has 2 aromatic heterocycles. The highest BCUT2D eigenvalue weighted by molar-refractivity contribution is 7.15. The average Bonchev–Trinajstić information content (AvgIpc) is 3.08. The predicted octanol–water partition coefficient (Wildman–Crippen LogP) is 3.56. The van der Waals surface area contributed by atoms with Gasteiger partial charge in [-0.25, -0.2) is 0 Å². The first kappa shape index (κ1) is 11.2. The molecule has 0 aliphatic rings. The second kappa shape index (κ2) is 4.74. The van der Waals surface area contributed by atoms with Crippen LogP contribution in [0.5, 0.6) is 0 Å². The molecule has 18 heavy (non-hydrogen) atoms. The van der Waals surface area contributed by atoms with Crippen molar-refractivity contribution in [3.63, 3.8) is 0 Å². The molecule has 0 atom stereocenters. The SMILES string of the molecule is CCc1ccc(-c2nncn2-c2ccccc2)s1. The molecular weight excluding hydrogens is 242 g/mol. The van der Waals surface area contributed by atoms with Crippen molar-refractivity contribution in [3.05, 3.63) is 53.7 Å². The summed E-state index contributed by atoms with van der Waals surface area (Å²) in [5.41, 5.74) is 1.09. The Bertz CT molecular complexity index is 640. The van der Waals surface area contributed by atoms with Gasteiger partial charge in [0, 0.05) is 10.6 Å². The molecule has 3 aromatic rings. The zero-order chi connectivity index (χ0) is 12.4. The van der Waals surface area contributed by atoms with Crippen LogP contribution in [0.15, 0.2) is 48.8 Å². The fourth-order valence-electron chi connectivity index (χ4n) is 1.87. The summed E-state index contributed by atoms with van der Waals surface area (Å²) in [5, 5.41) is 8.26. The largest absolute Gasteiger partial charge is 0.281 e. The summed E-state index contributed by atoms with van der Waals surface area (Å²) in [5.74, 6) is 0.908. The van der Waals surface area contributed by atoms with Gasteiger partial charge in [0.1, 0.15) is 6.33 Å². The summed E-state index contributed by atoms with van der Waals surface area (Å²) in [6.07, 6.45) is 2.82. The van der Waals surface area contributed by atoms with E-state index in [0.29, 0.717) is 0 Å². The summed E-state index contributed by atoms with van der Waals surface area (Å²) < 4.78 is 2.02. The lowest BCUT2D eigenvalue weighted by Crippen LogP contribution is -1.94. The van der Waals surface area contributed by atoms with Gasteiger partial charge in [-0.3, -0.25) is 4.57 Å². The second-order valence-corrected chi connectivity index (χ2v) is 5.15. The third-order valence-electron chi connectivity index (χ3n) is 2.81. The van der Waals surface area contributed by atoms with Gasteiger partial charge in [-0.1, -0.05) is 25.1 Å². The molecule has 0 N–H and O–H groups in total. The Morgan fingerprint density at radius 2 is 1.94 bits per heavy atom. The first-order chi connectivity index (χ1) is 8.88. The van der Waals surface area contributed by atoms with Gasteiger partial charge in [-0.2, -0.15) is 0 Å². The van der Waals surface area contributed by atoms with Crippen LogP contribution in [0.1, 0.15) is 11.8 Å². The van der Waals surface area contributed by atoms with E-state index in [9.17, 15) is 0 Å². The third-order valence-corrected chi connectivity index (χ3v) is 4.04. The van der Waals surface area contributed by atoms with Crippen molar-refractivity contribution in [2.24, 2.45) is 0 Å². The van der Waals surface area contributed by atoms with Crippen LogP contribution in [0.4, 0.5) is 0 Å². The summed E-state index contributed by atoms with van der Waals surface area (Å²) >= 11 is 1.78. The molecule has 0 spiro atoms. The lowest BCUT2D eigenvalue weighted by atomic mass is 10.3. The van der Waals surface area contributed by atoms with Crippen LogP contribution in [0.3, 0.4) is 0 Å². The maximum Gasteiger partial charge on any atom is 0.178 e. The van der Waals surface area contributed by atoms with Crippen molar-refractivity contribution in [1.29, 1.82) is 0 Å². The highest BCUT2D eigenvalue weighted by atomic mass is 32.1. The lowest BCUT2D eigenvalue weighted by Gasteiger charge is -2.04. The van der Waals surface area contributed by atoms with Crippen molar-refractivity contribution < 1.29 is 0 Å². The number of nitrogens with zero attached hydrogens (tertiary/aromatic N) is 3. The molecular formula is C14H13N3S. The van der Waals surface area contributed by atoms with Gasteiger partial charge in [0.2, 0.25) is 0 Å². The molecule has 2 heterocycles. The quantitative estimate of drug-likeness (QED) is 0.716. The molecule has 0 saturated carbocycles. The molecule has 90 valence electrons. The van der Waals surface area contributed by atoms with Crippen LogP contribution < -0.4 is 0 Å². The number of rotatable bonds is 3. The van der Waals surface area contributed by atoms with E-state index in [0.717, 1.165) is 22.8 Å². The van der Waals surface area contributed by atoms with Crippen molar-refractivity contribution in [2.75, 3.05) is 0 Å². The van der Waals surface area contributed by atoms with Crippen LogP contribution in [0, 0.1) is 0 Å². The zero-order valence-corrected chi connectivity index (χ0v) is 10.9. The van der Waals surface area contributed by atoms with Gasteiger partial charge >= 0.3 is 0 Å². The zero-order valence-electron chi connectivity index (χ0n) is 10.1. The van der Waals surface area contributed by atoms with E-state index < -0.39 is 0 Å². The van der Waals surface area contributed by atoms with Gasteiger partial charge in [0.25, 0.3) is 0 Å². The van der Waals surface area contributed by atoms with Crippen molar-refractivity contribution in [3.8, 4) is 16.4 Å². The minimum Gasteiger partial charge on any atom is -0.281 e. The minimum atomic E-state index is 0.908. The van der Waals surface area contributed by atoms with Crippen molar-refractivity contribution >= 4 is 11.3 Å². The van der Waals surface area contributed by atoms with Gasteiger partial charge in [0.05, 0.1) is 4.88 Å². The Hall–Kier alpha value is -1.94. The van der Waals surface area contributed by atoms with Crippen LogP contribution in [0.25, 0.3) is 16.4 Å². The first-order valence-corrected chi connectivity index (χ1v) is 6.74. The lowest BCUT2D eigenvalue weighted by molar-refractivity contribution is 1.07. The maximum atomic E-state index is 4.23. The number of para-hydroxylation sites is 1. The molecule has 0 radical (unpaired) electrons. The van der Waals surface area contributed by atoms with Crippen molar-refractivity contribution in [2.45, 2.75) is 13.3 Å². The summed E-state index contributed by atoms with van der Waals surface area (Å²) in [4.78, 5) is 2.53. The second-order valence-electron chi connectivity index (χ2n) is 3.98. The Labute approximate surface area is 110 Å². The molecule has 1 aromatic carbocycles. The van der Waals surface area contributed by atoms with E-state index in [-0.39, 0.29) is 0 Å². The molecule has 4 heteroatoms. The number of aryl methyl sites for hydroxylation is 1. The average molecular weight is 255 g/mol. The van der Waals surface area contributed by atoms with E-state index >= 15 is 0 Å². The number of benzene rings is 1. The standard InChI is InChI=1S/C14H13N3S/c1-2-12-8-9-13(18-12)14-16-15-10-17(14)11-6-4-3-5-7-11/h3-10H,2H2,1H3. The fraction of sp³-hybridized carbons (Fsp3) is 0.143. The van der Waals surface area contributed by atoms with E-state index in [2.05, 4.69) is 41.4 Å². The number of aromatic nitrogens is 3. The van der Waals surface area contributed by atoms with E-state index in [4.69, 9.17) is 0 Å². The van der Waals surface area contributed by atoms with Crippen LogP contribution in [0.2, 0.25) is 0 Å².